The largest absolute Gasteiger partial charge is 0.448 e. The van der Waals surface area contributed by atoms with Gasteiger partial charge in [-0.05, 0) is 6.07 Å². The lowest BCUT2D eigenvalue weighted by molar-refractivity contribution is 0.159. The van der Waals surface area contributed by atoms with Gasteiger partial charge in [-0.3, -0.25) is 4.79 Å². The molecule has 10 heteroatoms. The van der Waals surface area contributed by atoms with E-state index < -0.39 is 21.7 Å². The fourth-order valence-corrected chi connectivity index (χ4v) is 2.25. The Hall–Kier alpha value is -1.58. The number of rotatable bonds is 5. The summed E-state index contributed by atoms with van der Waals surface area (Å²) in [5, 5.41) is -0.244. The van der Waals surface area contributed by atoms with E-state index in [0.717, 1.165) is 12.3 Å². The zero-order valence-corrected chi connectivity index (χ0v) is 10.5. The van der Waals surface area contributed by atoms with Crippen LogP contribution < -0.4 is 16.0 Å². The van der Waals surface area contributed by atoms with E-state index in [4.69, 9.17) is 17.3 Å². The lowest BCUT2D eigenvalue weighted by atomic mass is 10.5. The molecule has 100 valence electrons. The molecular weight excluding hydrogens is 286 g/mol. The van der Waals surface area contributed by atoms with Gasteiger partial charge in [0.1, 0.15) is 11.6 Å². The monoisotopic (exact) mass is 295 g/mol. The summed E-state index contributed by atoms with van der Waals surface area (Å²) in [6.45, 7) is -0.354. The molecule has 0 saturated heterocycles. The highest BCUT2D eigenvalue weighted by Gasteiger charge is 2.15. The molecule has 0 atom stereocenters. The minimum atomic E-state index is -3.83. The molecule has 8 nitrogen and oxygen atoms in total. The Labute approximate surface area is 107 Å². The standard InChI is InChI=1S/C8H10ClN3O5S/c9-6-3-5(4-11-7(6)13)18(15,16)12-1-2-17-8(10)14/h3-4,12H,1-2H2,(H2,10,14)(H,11,13). The van der Waals surface area contributed by atoms with E-state index >= 15 is 0 Å². The van der Waals surface area contributed by atoms with Gasteiger partial charge in [0.25, 0.3) is 5.56 Å². The molecule has 0 aliphatic heterocycles. The zero-order chi connectivity index (χ0) is 13.8. The average Bonchev–Trinajstić information content (AvgIpc) is 2.28. The molecule has 1 rings (SSSR count). The van der Waals surface area contributed by atoms with Gasteiger partial charge in [-0.15, -0.1) is 0 Å². The van der Waals surface area contributed by atoms with Gasteiger partial charge >= 0.3 is 6.09 Å². The van der Waals surface area contributed by atoms with Crippen LogP contribution in [-0.2, 0) is 14.8 Å². The molecule has 0 aliphatic rings. The van der Waals surface area contributed by atoms with E-state index in [2.05, 4.69) is 14.4 Å². The van der Waals surface area contributed by atoms with Crippen LogP contribution in [0.2, 0.25) is 5.02 Å². The molecule has 0 aliphatic carbocycles. The minimum Gasteiger partial charge on any atom is -0.448 e. The maximum absolute atomic E-state index is 11.7. The Kier molecular flexibility index (Phi) is 4.70. The van der Waals surface area contributed by atoms with Crippen molar-refractivity contribution in [3.63, 3.8) is 0 Å². The molecule has 1 heterocycles. The third-order valence-electron chi connectivity index (χ3n) is 1.78. The Bertz CT molecular complexity index is 597. The molecule has 1 aromatic heterocycles. The predicted octanol–water partition coefficient (Wildman–Crippen LogP) is -0.598. The van der Waals surface area contributed by atoms with Gasteiger partial charge in [-0.2, -0.15) is 0 Å². The Morgan fingerprint density at radius 3 is 2.78 bits per heavy atom. The minimum absolute atomic E-state index is 0.151. The summed E-state index contributed by atoms with van der Waals surface area (Å²) < 4.78 is 29.8. The number of aromatic nitrogens is 1. The fraction of sp³-hybridized carbons (Fsp3) is 0.250. The van der Waals surface area contributed by atoms with E-state index in [1.165, 1.54) is 0 Å². The molecule has 0 radical (unpaired) electrons. The molecular formula is C8H10ClN3O5S. The lowest BCUT2D eigenvalue weighted by Crippen LogP contribution is -2.29. The van der Waals surface area contributed by atoms with Gasteiger partial charge in [0.15, 0.2) is 0 Å². The summed E-state index contributed by atoms with van der Waals surface area (Å²) >= 11 is 5.50. The number of nitrogens with one attached hydrogen (secondary N) is 2. The number of aromatic amines is 1. The van der Waals surface area contributed by atoms with Gasteiger partial charge < -0.3 is 15.5 Å². The highest BCUT2D eigenvalue weighted by molar-refractivity contribution is 7.89. The second-order valence-electron chi connectivity index (χ2n) is 3.08. The smallest absolute Gasteiger partial charge is 0.404 e. The first-order chi connectivity index (χ1) is 8.33. The van der Waals surface area contributed by atoms with Crippen molar-refractivity contribution in [3.8, 4) is 0 Å². The third kappa shape index (κ3) is 4.02. The van der Waals surface area contributed by atoms with Crippen molar-refractivity contribution in [2.45, 2.75) is 4.90 Å². The van der Waals surface area contributed by atoms with Crippen LogP contribution in [0.3, 0.4) is 0 Å². The van der Waals surface area contributed by atoms with E-state index in [1.807, 2.05) is 0 Å². The molecule has 18 heavy (non-hydrogen) atoms. The van der Waals surface area contributed by atoms with Gasteiger partial charge in [-0.25, -0.2) is 17.9 Å². The number of hydrogen-bond donors (Lipinski definition) is 3. The third-order valence-corrected chi connectivity index (χ3v) is 3.50. The summed E-state index contributed by atoms with van der Waals surface area (Å²) in [4.78, 5) is 23.2. The Balaban J connectivity index is 2.71. The van der Waals surface area contributed by atoms with Gasteiger partial charge in [0, 0.05) is 12.7 Å². The number of carbonyl (C=O) groups is 1. The van der Waals surface area contributed by atoms with Gasteiger partial charge in [0.05, 0.1) is 4.90 Å². The van der Waals surface area contributed by atoms with Crippen LogP contribution in [0.15, 0.2) is 22.0 Å². The van der Waals surface area contributed by atoms with Crippen LogP contribution in [0.25, 0.3) is 0 Å². The summed E-state index contributed by atoms with van der Waals surface area (Å²) in [6, 6.07) is 1.01. The second-order valence-corrected chi connectivity index (χ2v) is 5.25. The first-order valence-electron chi connectivity index (χ1n) is 4.63. The van der Waals surface area contributed by atoms with Gasteiger partial charge in [-0.1, -0.05) is 11.6 Å². The average molecular weight is 296 g/mol. The number of ether oxygens (including phenoxy) is 1. The first-order valence-corrected chi connectivity index (χ1v) is 6.49. The maximum Gasteiger partial charge on any atom is 0.404 e. The fourth-order valence-electron chi connectivity index (χ4n) is 1.00. The van der Waals surface area contributed by atoms with Crippen molar-refractivity contribution in [1.82, 2.24) is 9.71 Å². The number of halogens is 1. The summed E-state index contributed by atoms with van der Waals surface area (Å²) in [5.41, 5.74) is 4.10. The summed E-state index contributed by atoms with van der Waals surface area (Å²) in [7, 11) is -3.83. The van der Waals surface area contributed by atoms with Crippen LogP contribution >= 0.6 is 11.6 Å². The van der Waals surface area contributed by atoms with Crippen molar-refractivity contribution in [2.24, 2.45) is 5.73 Å². The number of hydrogen-bond acceptors (Lipinski definition) is 5. The highest BCUT2D eigenvalue weighted by atomic mass is 35.5. The van der Waals surface area contributed by atoms with E-state index in [9.17, 15) is 18.0 Å². The number of pyridine rings is 1. The lowest BCUT2D eigenvalue weighted by Gasteiger charge is -2.06. The summed E-state index contributed by atoms with van der Waals surface area (Å²) in [5.74, 6) is 0. The Morgan fingerprint density at radius 1 is 1.56 bits per heavy atom. The van der Waals surface area contributed by atoms with Gasteiger partial charge in [0.2, 0.25) is 10.0 Å². The number of sulfonamides is 1. The maximum atomic E-state index is 11.7. The molecule has 0 unspecified atom stereocenters. The number of primary amides is 1. The van der Waals surface area contributed by atoms with Crippen molar-refractivity contribution in [1.29, 1.82) is 0 Å². The zero-order valence-electron chi connectivity index (χ0n) is 8.97. The van der Waals surface area contributed by atoms with Crippen LogP contribution in [0.5, 0.6) is 0 Å². The SMILES string of the molecule is NC(=O)OCCNS(=O)(=O)c1c[nH]c(=O)c(Cl)c1. The molecule has 1 amide bonds. The summed E-state index contributed by atoms with van der Waals surface area (Å²) in [6.07, 6.45) is 0.00663. The molecule has 1 aromatic rings. The second kappa shape index (κ2) is 5.85. The van der Waals surface area contributed by atoms with Crippen LogP contribution in [-0.4, -0.2) is 32.6 Å². The van der Waals surface area contributed by atoms with Crippen molar-refractivity contribution in [3.05, 3.63) is 27.6 Å². The molecule has 0 saturated carbocycles. The number of H-pyrrole nitrogens is 1. The predicted molar refractivity (Wildman–Crippen MR) is 62.8 cm³/mol. The van der Waals surface area contributed by atoms with Crippen LogP contribution in [0.1, 0.15) is 0 Å². The molecule has 0 fully saturated rings. The van der Waals surface area contributed by atoms with Crippen molar-refractivity contribution < 1.29 is 17.9 Å². The number of nitrogens with two attached hydrogens (primary N) is 1. The topological polar surface area (TPSA) is 131 Å². The van der Waals surface area contributed by atoms with E-state index in [0.29, 0.717) is 0 Å². The highest BCUT2D eigenvalue weighted by Crippen LogP contribution is 2.09. The Morgan fingerprint density at radius 2 is 2.22 bits per heavy atom. The normalized spacial score (nSPS) is 11.2. The molecule has 0 bridgehead atoms. The van der Waals surface area contributed by atoms with Crippen molar-refractivity contribution >= 4 is 27.7 Å². The first kappa shape index (κ1) is 14.5. The van der Waals surface area contributed by atoms with Crippen molar-refractivity contribution in [2.75, 3.05) is 13.2 Å². The van der Waals surface area contributed by atoms with E-state index in [1.54, 1.807) is 0 Å². The molecule has 0 spiro atoms. The molecule has 0 aromatic carbocycles. The van der Waals surface area contributed by atoms with Crippen LogP contribution in [0, 0.1) is 0 Å². The number of amides is 1. The quantitative estimate of drug-likeness (QED) is 0.624. The van der Waals surface area contributed by atoms with E-state index in [-0.39, 0.29) is 23.1 Å². The van der Waals surface area contributed by atoms with Crippen LogP contribution in [0.4, 0.5) is 4.79 Å². The number of carbonyl (C=O) groups excluding carboxylic acids is 1. The molecule has 4 N–H and O–H groups in total.